The standard InChI is InChI=1S/C8H17NO/c1-5-7(2)8(6-10)9(3)4/h6-7,10H,5H2,1-4H3. The fourth-order valence-corrected chi connectivity index (χ4v) is 0.893. The SMILES string of the molecule is CCC(C)C(=CO)N(C)C. The second-order valence-electron chi connectivity index (χ2n) is 2.76. The maximum atomic E-state index is 8.79. The predicted octanol–water partition coefficient (Wildman–Crippen LogP) is 1.99. The van der Waals surface area contributed by atoms with E-state index >= 15 is 0 Å². The highest BCUT2D eigenvalue weighted by Gasteiger charge is 2.07. The van der Waals surface area contributed by atoms with Gasteiger partial charge in [0.05, 0.1) is 12.0 Å². The molecule has 0 radical (unpaired) electrons. The summed E-state index contributed by atoms with van der Waals surface area (Å²) in [5.41, 5.74) is 0.988. The number of rotatable bonds is 3. The summed E-state index contributed by atoms with van der Waals surface area (Å²) in [6.07, 6.45) is 2.25. The van der Waals surface area contributed by atoms with Gasteiger partial charge in [0, 0.05) is 14.1 Å². The summed E-state index contributed by atoms with van der Waals surface area (Å²) < 4.78 is 0. The largest absolute Gasteiger partial charge is 0.514 e. The summed E-state index contributed by atoms with van der Waals surface area (Å²) in [6.45, 7) is 4.21. The summed E-state index contributed by atoms with van der Waals surface area (Å²) in [5.74, 6) is 0.444. The summed E-state index contributed by atoms with van der Waals surface area (Å²) in [5, 5.41) is 8.79. The molecule has 0 aliphatic rings. The van der Waals surface area contributed by atoms with Crippen LogP contribution in [0.15, 0.2) is 12.0 Å². The van der Waals surface area contributed by atoms with Crippen molar-refractivity contribution in [3.8, 4) is 0 Å². The minimum absolute atomic E-state index is 0.444. The first-order valence-corrected chi connectivity index (χ1v) is 3.65. The Bertz CT molecular complexity index is 118. The van der Waals surface area contributed by atoms with Crippen LogP contribution >= 0.6 is 0 Å². The molecule has 0 aromatic heterocycles. The van der Waals surface area contributed by atoms with Crippen molar-refractivity contribution in [3.05, 3.63) is 12.0 Å². The van der Waals surface area contributed by atoms with E-state index in [1.54, 1.807) is 0 Å². The molecule has 0 bridgehead atoms. The average molecular weight is 143 g/mol. The highest BCUT2D eigenvalue weighted by Crippen LogP contribution is 2.14. The van der Waals surface area contributed by atoms with Crippen molar-refractivity contribution in [1.29, 1.82) is 0 Å². The molecule has 0 amide bonds. The average Bonchev–Trinajstić information content (AvgIpc) is 1.88. The molecule has 0 heterocycles. The highest BCUT2D eigenvalue weighted by molar-refractivity contribution is 4.98. The Kier molecular flexibility index (Phi) is 3.93. The van der Waals surface area contributed by atoms with Gasteiger partial charge in [-0.25, -0.2) is 0 Å². The van der Waals surface area contributed by atoms with Crippen LogP contribution in [0, 0.1) is 5.92 Å². The van der Waals surface area contributed by atoms with Gasteiger partial charge in [0.15, 0.2) is 0 Å². The number of aliphatic hydroxyl groups excluding tert-OH is 1. The number of hydrogen-bond donors (Lipinski definition) is 1. The van der Waals surface area contributed by atoms with E-state index in [1.807, 2.05) is 19.0 Å². The Balaban J connectivity index is 4.08. The van der Waals surface area contributed by atoms with E-state index in [9.17, 15) is 0 Å². The van der Waals surface area contributed by atoms with Crippen LogP contribution in [0.1, 0.15) is 20.3 Å². The first kappa shape index (κ1) is 9.34. The van der Waals surface area contributed by atoms with Crippen LogP contribution in [0.3, 0.4) is 0 Å². The summed E-state index contributed by atoms with van der Waals surface area (Å²) >= 11 is 0. The molecule has 2 heteroatoms. The van der Waals surface area contributed by atoms with Crippen LogP contribution in [-0.2, 0) is 0 Å². The molecule has 2 nitrogen and oxygen atoms in total. The second kappa shape index (κ2) is 4.20. The molecule has 1 N–H and O–H groups in total. The molecule has 10 heavy (non-hydrogen) atoms. The van der Waals surface area contributed by atoms with Crippen molar-refractivity contribution in [2.24, 2.45) is 5.92 Å². The third kappa shape index (κ3) is 2.29. The fourth-order valence-electron chi connectivity index (χ4n) is 0.893. The molecule has 0 aliphatic heterocycles. The Morgan fingerprint density at radius 1 is 1.60 bits per heavy atom. The number of aliphatic hydroxyl groups is 1. The van der Waals surface area contributed by atoms with E-state index in [0.29, 0.717) is 5.92 Å². The van der Waals surface area contributed by atoms with Gasteiger partial charge in [-0.2, -0.15) is 0 Å². The molecule has 0 saturated heterocycles. The zero-order valence-electron chi connectivity index (χ0n) is 7.26. The van der Waals surface area contributed by atoms with E-state index in [1.165, 1.54) is 6.26 Å². The van der Waals surface area contributed by atoms with Crippen LogP contribution in [-0.4, -0.2) is 24.1 Å². The van der Waals surface area contributed by atoms with Crippen molar-refractivity contribution in [2.45, 2.75) is 20.3 Å². The van der Waals surface area contributed by atoms with E-state index < -0.39 is 0 Å². The third-order valence-electron chi connectivity index (χ3n) is 1.77. The van der Waals surface area contributed by atoms with Crippen molar-refractivity contribution < 1.29 is 5.11 Å². The van der Waals surface area contributed by atoms with Crippen LogP contribution in [0.5, 0.6) is 0 Å². The quantitative estimate of drug-likeness (QED) is 0.611. The Morgan fingerprint density at radius 2 is 2.10 bits per heavy atom. The highest BCUT2D eigenvalue weighted by atomic mass is 16.2. The molecule has 1 atom stereocenters. The Labute approximate surface area is 63.2 Å². The molecule has 0 rings (SSSR count). The van der Waals surface area contributed by atoms with E-state index in [4.69, 9.17) is 5.11 Å². The number of allylic oxidation sites excluding steroid dienone is 1. The van der Waals surface area contributed by atoms with Crippen LogP contribution < -0.4 is 0 Å². The van der Waals surface area contributed by atoms with Crippen molar-refractivity contribution in [1.82, 2.24) is 4.90 Å². The maximum absolute atomic E-state index is 8.79. The molecule has 0 fully saturated rings. The van der Waals surface area contributed by atoms with E-state index in [0.717, 1.165) is 12.1 Å². The maximum Gasteiger partial charge on any atom is 0.0985 e. The Hall–Kier alpha value is -0.660. The topological polar surface area (TPSA) is 23.5 Å². The minimum atomic E-state index is 0.444. The molecule has 1 unspecified atom stereocenters. The first-order valence-electron chi connectivity index (χ1n) is 3.65. The van der Waals surface area contributed by atoms with Crippen LogP contribution in [0.2, 0.25) is 0 Å². The van der Waals surface area contributed by atoms with Gasteiger partial charge in [-0.05, 0) is 12.3 Å². The zero-order valence-corrected chi connectivity index (χ0v) is 7.26. The fraction of sp³-hybridized carbons (Fsp3) is 0.750. The molecule has 0 aliphatic carbocycles. The third-order valence-corrected chi connectivity index (χ3v) is 1.77. The van der Waals surface area contributed by atoms with Gasteiger partial charge in [-0.1, -0.05) is 13.8 Å². The molecule has 0 spiro atoms. The van der Waals surface area contributed by atoms with Gasteiger partial charge in [-0.15, -0.1) is 0 Å². The van der Waals surface area contributed by atoms with Gasteiger partial charge in [-0.3, -0.25) is 0 Å². The van der Waals surface area contributed by atoms with Crippen LogP contribution in [0.25, 0.3) is 0 Å². The minimum Gasteiger partial charge on any atom is -0.514 e. The smallest absolute Gasteiger partial charge is 0.0985 e. The van der Waals surface area contributed by atoms with Crippen molar-refractivity contribution in [3.63, 3.8) is 0 Å². The predicted molar refractivity (Wildman–Crippen MR) is 43.9 cm³/mol. The summed E-state index contributed by atoms with van der Waals surface area (Å²) in [6, 6.07) is 0. The molecule has 60 valence electrons. The lowest BCUT2D eigenvalue weighted by Crippen LogP contribution is -2.16. The number of nitrogens with zero attached hydrogens (tertiary/aromatic N) is 1. The van der Waals surface area contributed by atoms with Gasteiger partial charge in [0.1, 0.15) is 0 Å². The second-order valence-corrected chi connectivity index (χ2v) is 2.76. The monoisotopic (exact) mass is 143 g/mol. The molecular weight excluding hydrogens is 126 g/mol. The van der Waals surface area contributed by atoms with E-state index in [2.05, 4.69) is 13.8 Å². The Morgan fingerprint density at radius 3 is 2.20 bits per heavy atom. The molecule has 0 aromatic carbocycles. The first-order chi connectivity index (χ1) is 4.63. The zero-order chi connectivity index (χ0) is 8.15. The normalized spacial score (nSPS) is 15.0. The van der Waals surface area contributed by atoms with Gasteiger partial charge < -0.3 is 10.0 Å². The van der Waals surface area contributed by atoms with Crippen LogP contribution in [0.4, 0.5) is 0 Å². The van der Waals surface area contributed by atoms with Gasteiger partial charge in [0.2, 0.25) is 0 Å². The van der Waals surface area contributed by atoms with Gasteiger partial charge >= 0.3 is 0 Å². The lowest BCUT2D eigenvalue weighted by atomic mass is 10.1. The van der Waals surface area contributed by atoms with Crippen molar-refractivity contribution in [2.75, 3.05) is 14.1 Å². The molecule has 0 aromatic rings. The lowest BCUT2D eigenvalue weighted by Gasteiger charge is -2.20. The lowest BCUT2D eigenvalue weighted by molar-refractivity contribution is 0.373. The summed E-state index contributed by atoms with van der Waals surface area (Å²) in [4.78, 5) is 1.94. The number of hydrogen-bond acceptors (Lipinski definition) is 2. The summed E-state index contributed by atoms with van der Waals surface area (Å²) in [7, 11) is 3.88. The van der Waals surface area contributed by atoms with Gasteiger partial charge in [0.25, 0.3) is 0 Å². The molecular formula is C8H17NO. The van der Waals surface area contributed by atoms with E-state index in [-0.39, 0.29) is 0 Å². The van der Waals surface area contributed by atoms with Crippen molar-refractivity contribution >= 4 is 0 Å². The molecule has 0 saturated carbocycles.